The van der Waals surface area contributed by atoms with Crippen LogP contribution in [-0.2, 0) is 4.74 Å². The van der Waals surface area contributed by atoms with E-state index >= 15 is 0 Å². The number of rotatable bonds is 7. The molecule has 2 aromatic rings. The molecular formula is C17H21ClN4O2S. The van der Waals surface area contributed by atoms with Crippen molar-refractivity contribution in [3.63, 3.8) is 0 Å². The Morgan fingerprint density at radius 2 is 2.04 bits per heavy atom. The van der Waals surface area contributed by atoms with Gasteiger partial charge in [0.15, 0.2) is 5.13 Å². The van der Waals surface area contributed by atoms with Crippen LogP contribution in [-0.4, -0.2) is 55.2 Å². The minimum absolute atomic E-state index is 0.137. The van der Waals surface area contributed by atoms with Crippen molar-refractivity contribution in [2.75, 3.05) is 44.7 Å². The number of halogens is 1. The van der Waals surface area contributed by atoms with E-state index in [4.69, 9.17) is 16.3 Å². The summed E-state index contributed by atoms with van der Waals surface area (Å²) in [5.41, 5.74) is 1.32. The first-order valence-corrected chi connectivity index (χ1v) is 9.53. The molecule has 1 saturated heterocycles. The van der Waals surface area contributed by atoms with Crippen molar-refractivity contribution in [3.05, 3.63) is 40.4 Å². The highest BCUT2D eigenvalue weighted by molar-refractivity contribution is 7.14. The number of carbonyl (C=O) groups is 1. The average molecular weight is 381 g/mol. The maximum Gasteiger partial charge on any atom is 0.270 e. The number of thiazole rings is 1. The molecule has 1 aromatic carbocycles. The SMILES string of the molecule is O=C(NCCCN1CCOCC1)c1csc(Nc2ccc(Cl)cc2)n1. The Balaban J connectivity index is 1.41. The van der Waals surface area contributed by atoms with Crippen LogP contribution < -0.4 is 10.6 Å². The predicted octanol–water partition coefficient (Wildman–Crippen LogP) is 2.99. The lowest BCUT2D eigenvalue weighted by molar-refractivity contribution is 0.0374. The maximum atomic E-state index is 12.2. The molecule has 0 bridgehead atoms. The second kappa shape index (κ2) is 9.15. The van der Waals surface area contributed by atoms with Crippen molar-refractivity contribution in [1.29, 1.82) is 0 Å². The van der Waals surface area contributed by atoms with Crippen LogP contribution in [0.3, 0.4) is 0 Å². The number of ether oxygens (including phenoxy) is 1. The summed E-state index contributed by atoms with van der Waals surface area (Å²) in [6.07, 6.45) is 0.922. The van der Waals surface area contributed by atoms with Gasteiger partial charge in [-0.05, 0) is 37.2 Å². The van der Waals surface area contributed by atoms with Crippen LogP contribution in [0.4, 0.5) is 10.8 Å². The molecule has 0 saturated carbocycles. The van der Waals surface area contributed by atoms with Crippen LogP contribution in [0.25, 0.3) is 0 Å². The van der Waals surface area contributed by atoms with Gasteiger partial charge in [-0.1, -0.05) is 11.6 Å². The number of hydrogen-bond acceptors (Lipinski definition) is 6. The van der Waals surface area contributed by atoms with Crippen LogP contribution in [0.1, 0.15) is 16.9 Å². The molecule has 1 aliphatic rings. The highest BCUT2D eigenvalue weighted by Gasteiger charge is 2.12. The maximum absolute atomic E-state index is 12.2. The molecule has 1 fully saturated rings. The molecule has 0 atom stereocenters. The predicted molar refractivity (Wildman–Crippen MR) is 101 cm³/mol. The topological polar surface area (TPSA) is 66.5 Å². The third-order valence-electron chi connectivity index (χ3n) is 3.87. The Labute approximate surface area is 156 Å². The Morgan fingerprint density at radius 1 is 1.28 bits per heavy atom. The normalized spacial score (nSPS) is 15.1. The summed E-state index contributed by atoms with van der Waals surface area (Å²) < 4.78 is 5.32. The van der Waals surface area contributed by atoms with Crippen molar-refractivity contribution < 1.29 is 9.53 Å². The fourth-order valence-corrected chi connectivity index (χ4v) is 3.35. The van der Waals surface area contributed by atoms with E-state index in [0.717, 1.165) is 45.0 Å². The van der Waals surface area contributed by atoms with Crippen molar-refractivity contribution in [3.8, 4) is 0 Å². The monoisotopic (exact) mass is 380 g/mol. The summed E-state index contributed by atoms with van der Waals surface area (Å²) in [5, 5.41) is 9.22. The van der Waals surface area contributed by atoms with E-state index < -0.39 is 0 Å². The summed E-state index contributed by atoms with van der Waals surface area (Å²) in [6, 6.07) is 7.35. The minimum Gasteiger partial charge on any atom is -0.379 e. The molecule has 2 heterocycles. The van der Waals surface area contributed by atoms with E-state index in [2.05, 4.69) is 20.5 Å². The molecule has 1 aromatic heterocycles. The molecule has 2 N–H and O–H groups in total. The Kier molecular flexibility index (Phi) is 6.63. The fraction of sp³-hybridized carbons (Fsp3) is 0.412. The molecule has 1 amide bonds. The third-order valence-corrected chi connectivity index (χ3v) is 4.88. The lowest BCUT2D eigenvalue weighted by Crippen LogP contribution is -2.38. The molecule has 25 heavy (non-hydrogen) atoms. The lowest BCUT2D eigenvalue weighted by Gasteiger charge is -2.26. The second-order valence-corrected chi connectivity index (χ2v) is 7.03. The second-order valence-electron chi connectivity index (χ2n) is 5.73. The third kappa shape index (κ3) is 5.67. The highest BCUT2D eigenvalue weighted by atomic mass is 35.5. The van der Waals surface area contributed by atoms with Crippen molar-refractivity contribution in [1.82, 2.24) is 15.2 Å². The van der Waals surface area contributed by atoms with Gasteiger partial charge in [-0.2, -0.15) is 0 Å². The van der Waals surface area contributed by atoms with Crippen LogP contribution in [0, 0.1) is 0 Å². The summed E-state index contributed by atoms with van der Waals surface area (Å²) in [5.74, 6) is -0.137. The first-order chi connectivity index (χ1) is 12.2. The first kappa shape index (κ1) is 18.1. The molecule has 0 radical (unpaired) electrons. The Morgan fingerprint density at radius 3 is 2.80 bits per heavy atom. The van der Waals surface area contributed by atoms with E-state index in [1.165, 1.54) is 11.3 Å². The van der Waals surface area contributed by atoms with Crippen LogP contribution >= 0.6 is 22.9 Å². The molecule has 0 aliphatic carbocycles. The summed E-state index contributed by atoms with van der Waals surface area (Å²) in [4.78, 5) is 18.8. The van der Waals surface area contributed by atoms with Gasteiger partial charge in [-0.25, -0.2) is 4.98 Å². The lowest BCUT2D eigenvalue weighted by atomic mass is 10.3. The number of carbonyl (C=O) groups excluding carboxylic acids is 1. The van der Waals surface area contributed by atoms with Crippen LogP contribution in [0.5, 0.6) is 0 Å². The molecule has 3 rings (SSSR count). The summed E-state index contributed by atoms with van der Waals surface area (Å²) >= 11 is 7.27. The average Bonchev–Trinajstić information content (AvgIpc) is 3.10. The number of anilines is 2. The quantitative estimate of drug-likeness (QED) is 0.723. The highest BCUT2D eigenvalue weighted by Crippen LogP contribution is 2.22. The fourth-order valence-electron chi connectivity index (χ4n) is 2.51. The van der Waals surface area contributed by atoms with E-state index in [1.54, 1.807) is 17.5 Å². The molecule has 0 spiro atoms. The largest absolute Gasteiger partial charge is 0.379 e. The molecule has 6 nitrogen and oxygen atoms in total. The number of aromatic nitrogens is 1. The smallest absolute Gasteiger partial charge is 0.270 e. The number of hydrogen-bond donors (Lipinski definition) is 2. The summed E-state index contributed by atoms with van der Waals surface area (Å²) in [7, 11) is 0. The van der Waals surface area contributed by atoms with Gasteiger partial charge in [0.25, 0.3) is 5.91 Å². The van der Waals surface area contributed by atoms with Crippen molar-refractivity contribution >= 4 is 39.7 Å². The molecule has 134 valence electrons. The van der Waals surface area contributed by atoms with Gasteiger partial charge >= 0.3 is 0 Å². The number of morpholine rings is 1. The Bertz CT molecular complexity index is 686. The van der Waals surface area contributed by atoms with Crippen LogP contribution in [0.2, 0.25) is 5.02 Å². The minimum atomic E-state index is -0.137. The zero-order chi connectivity index (χ0) is 17.5. The number of nitrogens with zero attached hydrogens (tertiary/aromatic N) is 2. The van der Waals surface area contributed by atoms with Gasteiger partial charge in [0, 0.05) is 35.7 Å². The van der Waals surface area contributed by atoms with Gasteiger partial charge in [0.05, 0.1) is 13.2 Å². The van der Waals surface area contributed by atoms with Gasteiger partial charge in [0.2, 0.25) is 0 Å². The zero-order valence-electron chi connectivity index (χ0n) is 13.8. The van der Waals surface area contributed by atoms with Gasteiger partial charge in [-0.15, -0.1) is 11.3 Å². The van der Waals surface area contributed by atoms with Crippen molar-refractivity contribution in [2.24, 2.45) is 0 Å². The summed E-state index contributed by atoms with van der Waals surface area (Å²) in [6.45, 7) is 5.17. The standard InChI is InChI=1S/C17H21ClN4O2S/c18-13-2-4-14(5-3-13)20-17-21-15(12-25-17)16(23)19-6-1-7-22-8-10-24-11-9-22/h2-5,12H,1,6-11H2,(H,19,23)(H,20,21). The van der Waals surface area contributed by atoms with E-state index in [9.17, 15) is 4.79 Å². The van der Waals surface area contributed by atoms with Gasteiger partial charge < -0.3 is 15.4 Å². The van der Waals surface area contributed by atoms with Gasteiger partial charge in [0.1, 0.15) is 5.69 Å². The van der Waals surface area contributed by atoms with Crippen LogP contribution in [0.15, 0.2) is 29.6 Å². The first-order valence-electron chi connectivity index (χ1n) is 8.27. The Hall–Kier alpha value is -1.67. The molecule has 8 heteroatoms. The molecule has 0 unspecified atom stereocenters. The zero-order valence-corrected chi connectivity index (χ0v) is 15.4. The molecule has 1 aliphatic heterocycles. The van der Waals surface area contributed by atoms with Gasteiger partial charge in [-0.3, -0.25) is 9.69 Å². The molecular weight excluding hydrogens is 360 g/mol. The number of amides is 1. The van der Waals surface area contributed by atoms with E-state index in [-0.39, 0.29) is 5.91 Å². The van der Waals surface area contributed by atoms with Crippen molar-refractivity contribution in [2.45, 2.75) is 6.42 Å². The van der Waals surface area contributed by atoms with E-state index in [1.807, 2.05) is 12.1 Å². The number of nitrogens with one attached hydrogen (secondary N) is 2. The van der Waals surface area contributed by atoms with E-state index in [0.29, 0.717) is 22.4 Å². The number of benzene rings is 1.